The third kappa shape index (κ3) is 2.80. The van der Waals surface area contributed by atoms with Crippen LogP contribution >= 0.6 is 11.3 Å². The second-order valence-electron chi connectivity index (χ2n) is 5.39. The van der Waals surface area contributed by atoms with Gasteiger partial charge in [-0.3, -0.25) is 9.52 Å². The molecule has 1 aliphatic carbocycles. The van der Waals surface area contributed by atoms with E-state index in [1.54, 1.807) is 13.8 Å². The molecule has 1 saturated carbocycles. The van der Waals surface area contributed by atoms with Crippen LogP contribution in [0.25, 0.3) is 0 Å². The molecule has 0 spiro atoms. The molecule has 0 aliphatic heterocycles. The van der Waals surface area contributed by atoms with Crippen LogP contribution in [0.15, 0.2) is 0 Å². The number of nitrogens with one attached hydrogen (secondary N) is 1. The van der Waals surface area contributed by atoms with Crippen molar-refractivity contribution in [1.82, 2.24) is 4.98 Å². The fourth-order valence-electron chi connectivity index (χ4n) is 1.96. The van der Waals surface area contributed by atoms with Crippen molar-refractivity contribution in [2.75, 3.05) is 11.8 Å². The molecule has 1 aromatic rings. The number of rotatable bonds is 5. The van der Waals surface area contributed by atoms with E-state index < -0.39 is 21.4 Å². The number of thiazole rings is 1. The largest absolute Gasteiger partial charge is 0.468 e. The fraction of sp³-hybridized carbons (Fsp3) is 0.667. The average molecular weight is 318 g/mol. The summed E-state index contributed by atoms with van der Waals surface area (Å²) in [6.07, 6.45) is 1.39. The van der Waals surface area contributed by atoms with Crippen molar-refractivity contribution >= 4 is 32.5 Å². The normalized spacial score (nSPS) is 16.0. The van der Waals surface area contributed by atoms with Crippen LogP contribution in [0.4, 0.5) is 5.13 Å². The molecule has 20 heavy (non-hydrogen) atoms. The molecule has 6 nitrogen and oxygen atoms in total. The Morgan fingerprint density at radius 2 is 2.05 bits per heavy atom. The van der Waals surface area contributed by atoms with Gasteiger partial charge >= 0.3 is 5.97 Å². The first-order valence-electron chi connectivity index (χ1n) is 6.26. The zero-order valence-corrected chi connectivity index (χ0v) is 13.5. The number of hydrogen-bond acceptors (Lipinski definition) is 6. The number of carbonyl (C=O) groups excluding carboxylic acids is 1. The van der Waals surface area contributed by atoms with Gasteiger partial charge < -0.3 is 4.74 Å². The highest BCUT2D eigenvalue weighted by Gasteiger charge is 2.38. The molecule has 1 aliphatic rings. The lowest BCUT2D eigenvalue weighted by Crippen LogP contribution is -2.31. The average Bonchev–Trinajstić information content (AvgIpc) is 3.13. The zero-order valence-electron chi connectivity index (χ0n) is 11.9. The summed E-state index contributed by atoms with van der Waals surface area (Å²) in [5.41, 5.74) is -0.360. The lowest BCUT2D eigenvalue weighted by Gasteiger charge is -2.19. The molecule has 0 unspecified atom stereocenters. The number of methoxy groups -OCH3 is 1. The Bertz CT molecular complexity index is 630. The maximum Gasteiger partial charge on any atom is 0.317 e. The van der Waals surface area contributed by atoms with Crippen LogP contribution < -0.4 is 4.72 Å². The molecule has 1 fully saturated rings. The highest BCUT2D eigenvalue weighted by Crippen LogP contribution is 2.35. The highest BCUT2D eigenvalue weighted by atomic mass is 32.2. The van der Waals surface area contributed by atoms with E-state index in [1.165, 1.54) is 18.4 Å². The fourth-order valence-corrected chi connectivity index (χ4v) is 4.51. The third-order valence-corrected chi connectivity index (χ3v) is 6.12. The summed E-state index contributed by atoms with van der Waals surface area (Å²) in [4.78, 5) is 16.9. The number of hydrogen-bond donors (Lipinski definition) is 1. The minimum atomic E-state index is -3.33. The van der Waals surface area contributed by atoms with Gasteiger partial charge in [-0.2, -0.15) is 0 Å². The van der Waals surface area contributed by atoms with Crippen molar-refractivity contribution in [3.05, 3.63) is 10.6 Å². The lowest BCUT2D eigenvalue weighted by molar-refractivity contribution is -0.146. The number of ether oxygens (including phenoxy) is 1. The topological polar surface area (TPSA) is 85.4 Å². The summed E-state index contributed by atoms with van der Waals surface area (Å²) in [5, 5.41) is 0.00477. The van der Waals surface area contributed by atoms with Crippen LogP contribution in [0, 0.1) is 6.92 Å². The van der Waals surface area contributed by atoms with Crippen molar-refractivity contribution in [2.24, 2.45) is 0 Å². The van der Waals surface area contributed by atoms with Gasteiger partial charge in [0.15, 0.2) is 5.13 Å². The quantitative estimate of drug-likeness (QED) is 0.837. The van der Waals surface area contributed by atoms with Crippen molar-refractivity contribution in [1.29, 1.82) is 0 Å². The van der Waals surface area contributed by atoms with Gasteiger partial charge in [0.1, 0.15) is 5.41 Å². The van der Waals surface area contributed by atoms with Gasteiger partial charge in [-0.15, -0.1) is 11.3 Å². The Balaban J connectivity index is 2.28. The predicted molar refractivity (Wildman–Crippen MR) is 77.5 cm³/mol. The summed E-state index contributed by atoms with van der Waals surface area (Å²) in [7, 11) is -2.01. The molecule has 0 saturated heterocycles. The smallest absolute Gasteiger partial charge is 0.317 e. The Morgan fingerprint density at radius 3 is 2.55 bits per heavy atom. The van der Waals surface area contributed by atoms with Crippen molar-refractivity contribution in [3.8, 4) is 0 Å². The number of esters is 1. The third-order valence-electron chi connectivity index (χ3n) is 3.28. The van der Waals surface area contributed by atoms with E-state index in [-0.39, 0.29) is 5.25 Å². The van der Waals surface area contributed by atoms with Gasteiger partial charge in [-0.05, 0) is 33.6 Å². The van der Waals surface area contributed by atoms with Crippen LogP contribution in [-0.2, 0) is 25.0 Å². The van der Waals surface area contributed by atoms with Gasteiger partial charge in [0.25, 0.3) is 0 Å². The number of aromatic nitrogens is 1. The molecule has 2 rings (SSSR count). The Kier molecular flexibility index (Phi) is 3.81. The van der Waals surface area contributed by atoms with Gasteiger partial charge in [0.05, 0.1) is 18.1 Å². The monoisotopic (exact) mass is 318 g/mol. The SMILES string of the molecule is COC(=O)C(C)(C)c1nc(NS(=O)(=O)C2CC2)sc1C. The first-order chi connectivity index (χ1) is 9.18. The maximum atomic E-state index is 11.9. The minimum absolute atomic E-state index is 0.302. The Hall–Kier alpha value is -1.15. The molecular formula is C12H18N2O4S2. The predicted octanol–water partition coefficient (Wildman–Crippen LogP) is 1.81. The van der Waals surface area contributed by atoms with Crippen LogP contribution in [0.3, 0.4) is 0 Å². The number of nitrogens with zero attached hydrogens (tertiary/aromatic N) is 1. The van der Waals surface area contributed by atoms with Crippen molar-refractivity contribution < 1.29 is 17.9 Å². The minimum Gasteiger partial charge on any atom is -0.468 e. The Morgan fingerprint density at radius 1 is 1.45 bits per heavy atom. The number of carbonyl (C=O) groups is 1. The summed E-state index contributed by atoms with van der Waals surface area (Å²) in [5.74, 6) is -0.400. The number of sulfonamides is 1. The zero-order chi connectivity index (χ0) is 15.1. The lowest BCUT2D eigenvalue weighted by atomic mass is 9.89. The van der Waals surface area contributed by atoms with Gasteiger partial charge in [-0.1, -0.05) is 0 Å². The molecule has 8 heteroatoms. The molecule has 0 amide bonds. The summed E-state index contributed by atoms with van der Waals surface area (Å²) < 4.78 is 31.0. The van der Waals surface area contributed by atoms with E-state index in [4.69, 9.17) is 4.74 Å². The molecule has 0 bridgehead atoms. The molecule has 0 atom stereocenters. The Labute approximate surface area is 122 Å². The van der Waals surface area contributed by atoms with E-state index in [0.717, 1.165) is 4.88 Å². The molecule has 0 aromatic carbocycles. The standard InChI is InChI=1S/C12H18N2O4S2/c1-7-9(12(2,3)10(15)18-4)13-11(19-7)14-20(16,17)8-5-6-8/h8H,5-6H2,1-4H3,(H,13,14). The maximum absolute atomic E-state index is 11.9. The molecule has 0 radical (unpaired) electrons. The summed E-state index contributed by atoms with van der Waals surface area (Å²) >= 11 is 1.23. The van der Waals surface area contributed by atoms with E-state index in [9.17, 15) is 13.2 Å². The van der Waals surface area contributed by atoms with E-state index in [0.29, 0.717) is 23.7 Å². The van der Waals surface area contributed by atoms with Crippen molar-refractivity contribution in [2.45, 2.75) is 44.3 Å². The molecular weight excluding hydrogens is 300 g/mol. The van der Waals surface area contributed by atoms with Crippen LogP contribution in [0.1, 0.15) is 37.3 Å². The van der Waals surface area contributed by atoms with E-state index in [1.807, 2.05) is 6.92 Å². The first-order valence-corrected chi connectivity index (χ1v) is 8.62. The van der Waals surface area contributed by atoms with Gasteiger partial charge in [0.2, 0.25) is 10.0 Å². The van der Waals surface area contributed by atoms with Crippen LogP contribution in [0.2, 0.25) is 0 Å². The first kappa shape index (κ1) is 15.2. The number of aryl methyl sites for hydroxylation is 1. The van der Waals surface area contributed by atoms with Gasteiger partial charge in [-0.25, -0.2) is 13.4 Å². The second kappa shape index (κ2) is 5.00. The van der Waals surface area contributed by atoms with Crippen LogP contribution in [0.5, 0.6) is 0 Å². The molecule has 1 aromatic heterocycles. The van der Waals surface area contributed by atoms with Gasteiger partial charge in [0, 0.05) is 4.88 Å². The van der Waals surface area contributed by atoms with E-state index in [2.05, 4.69) is 9.71 Å². The number of anilines is 1. The van der Waals surface area contributed by atoms with Crippen molar-refractivity contribution in [3.63, 3.8) is 0 Å². The molecule has 112 valence electrons. The van der Waals surface area contributed by atoms with E-state index >= 15 is 0 Å². The highest BCUT2D eigenvalue weighted by molar-refractivity contribution is 7.93. The second-order valence-corrected chi connectivity index (χ2v) is 8.55. The molecule has 1 N–H and O–H groups in total. The summed E-state index contributed by atoms with van der Waals surface area (Å²) in [6, 6.07) is 0. The molecule has 1 heterocycles. The summed E-state index contributed by atoms with van der Waals surface area (Å²) in [6.45, 7) is 5.23. The van der Waals surface area contributed by atoms with Crippen LogP contribution in [-0.4, -0.2) is 31.7 Å².